The van der Waals surface area contributed by atoms with E-state index in [2.05, 4.69) is 0 Å². The molecule has 0 N–H and O–H groups in total. The first-order valence-corrected chi connectivity index (χ1v) is 4.01. The molecule has 0 aromatic carbocycles. The van der Waals surface area contributed by atoms with Gasteiger partial charge in [-0.15, -0.1) is 11.6 Å². The molecule has 0 radical (unpaired) electrons. The van der Waals surface area contributed by atoms with Gasteiger partial charge in [-0.25, -0.2) is 0 Å². The number of rotatable bonds is 3. The highest BCUT2D eigenvalue weighted by molar-refractivity contribution is 6.19. The predicted molar refractivity (Wildman–Crippen MR) is 48.9 cm³/mol. The number of alkyl halides is 1. The van der Waals surface area contributed by atoms with Gasteiger partial charge in [-0.3, -0.25) is 4.79 Å². The van der Waals surface area contributed by atoms with Gasteiger partial charge in [0.25, 0.3) is 0 Å². The molecule has 0 atom stereocenters. The van der Waals surface area contributed by atoms with Crippen molar-refractivity contribution in [3.05, 3.63) is 23.3 Å². The van der Waals surface area contributed by atoms with E-state index in [1.807, 2.05) is 20.8 Å². The van der Waals surface area contributed by atoms with Crippen molar-refractivity contribution in [2.24, 2.45) is 0 Å². The Morgan fingerprint density at radius 1 is 1.27 bits per heavy atom. The number of hydrogen-bond donors (Lipinski definition) is 0. The normalized spacial score (nSPS) is 11.1. The number of halogens is 1. The number of carbonyl (C=O) groups is 1. The van der Waals surface area contributed by atoms with E-state index in [4.69, 9.17) is 11.6 Å². The van der Waals surface area contributed by atoms with E-state index in [1.54, 1.807) is 12.2 Å². The Morgan fingerprint density at radius 3 is 2.18 bits per heavy atom. The molecule has 0 spiro atoms. The summed E-state index contributed by atoms with van der Waals surface area (Å²) in [7, 11) is 0. The molecule has 0 heterocycles. The van der Waals surface area contributed by atoms with Crippen molar-refractivity contribution in [2.75, 3.05) is 5.88 Å². The van der Waals surface area contributed by atoms with Crippen molar-refractivity contribution in [1.82, 2.24) is 0 Å². The van der Waals surface area contributed by atoms with Crippen LogP contribution in [0.15, 0.2) is 23.3 Å². The minimum atomic E-state index is 0.0168. The lowest BCUT2D eigenvalue weighted by atomic mass is 10.2. The van der Waals surface area contributed by atoms with E-state index < -0.39 is 0 Å². The summed E-state index contributed by atoms with van der Waals surface area (Å²) in [6.07, 6.45) is 3.15. The fourth-order valence-corrected chi connectivity index (χ4v) is 0.685. The van der Waals surface area contributed by atoms with E-state index in [1.165, 1.54) is 0 Å². The van der Waals surface area contributed by atoms with Crippen LogP contribution in [0.25, 0.3) is 0 Å². The third kappa shape index (κ3) is 5.86. The van der Waals surface area contributed by atoms with E-state index in [-0.39, 0.29) is 5.78 Å². The van der Waals surface area contributed by atoms with Gasteiger partial charge in [0.1, 0.15) is 0 Å². The minimum Gasteiger partial charge on any atom is -0.290 e. The summed E-state index contributed by atoms with van der Waals surface area (Å²) in [5.74, 6) is 0.436. The van der Waals surface area contributed by atoms with Crippen molar-refractivity contribution < 1.29 is 4.79 Å². The van der Waals surface area contributed by atoms with Crippen LogP contribution in [0.2, 0.25) is 0 Å². The Morgan fingerprint density at radius 2 is 1.82 bits per heavy atom. The molecule has 0 saturated carbocycles. The monoisotopic (exact) mass is 172 g/mol. The topological polar surface area (TPSA) is 17.1 Å². The summed E-state index contributed by atoms with van der Waals surface area (Å²) < 4.78 is 0. The maximum Gasteiger partial charge on any atom is 0.178 e. The van der Waals surface area contributed by atoms with Gasteiger partial charge in [-0.2, -0.15) is 0 Å². The maximum atomic E-state index is 11.0. The van der Waals surface area contributed by atoms with Gasteiger partial charge in [-0.05, 0) is 32.9 Å². The number of carbonyl (C=O) groups excluding carboxylic acids is 1. The Balaban J connectivity index is 4.19. The molecule has 2 heteroatoms. The fourth-order valence-electron chi connectivity index (χ4n) is 0.608. The van der Waals surface area contributed by atoms with Gasteiger partial charge in [-0.1, -0.05) is 11.1 Å². The summed E-state index contributed by atoms with van der Waals surface area (Å²) in [6.45, 7) is 5.62. The standard InChI is InChI=1S/C9H13ClO/c1-7(2)4-9(11)5-8(3)6-10/h4-5H,6H2,1-3H3. The van der Waals surface area contributed by atoms with Crippen LogP contribution in [0.1, 0.15) is 20.8 Å². The van der Waals surface area contributed by atoms with Crippen LogP contribution in [-0.2, 0) is 4.79 Å². The second-order valence-electron chi connectivity index (χ2n) is 2.75. The quantitative estimate of drug-likeness (QED) is 0.473. The molecule has 0 aliphatic heterocycles. The zero-order chi connectivity index (χ0) is 8.85. The lowest BCUT2D eigenvalue weighted by Gasteiger charge is -1.90. The largest absolute Gasteiger partial charge is 0.290 e. The van der Waals surface area contributed by atoms with E-state index in [9.17, 15) is 4.79 Å². The molecule has 0 unspecified atom stereocenters. The molecule has 0 aromatic rings. The Kier molecular flexibility index (Phi) is 4.88. The smallest absolute Gasteiger partial charge is 0.178 e. The molecular weight excluding hydrogens is 160 g/mol. The fraction of sp³-hybridized carbons (Fsp3) is 0.444. The van der Waals surface area contributed by atoms with Crippen molar-refractivity contribution >= 4 is 17.4 Å². The average molecular weight is 173 g/mol. The zero-order valence-electron chi connectivity index (χ0n) is 7.15. The van der Waals surface area contributed by atoms with Crippen LogP contribution in [0.5, 0.6) is 0 Å². The first kappa shape index (κ1) is 10.4. The first-order valence-electron chi connectivity index (χ1n) is 3.48. The van der Waals surface area contributed by atoms with E-state index in [0.29, 0.717) is 5.88 Å². The maximum absolute atomic E-state index is 11.0. The van der Waals surface area contributed by atoms with Gasteiger partial charge >= 0.3 is 0 Å². The van der Waals surface area contributed by atoms with Crippen LogP contribution in [0.4, 0.5) is 0 Å². The highest BCUT2D eigenvalue weighted by atomic mass is 35.5. The molecular formula is C9H13ClO. The molecule has 0 aromatic heterocycles. The van der Waals surface area contributed by atoms with Crippen LogP contribution in [-0.4, -0.2) is 11.7 Å². The summed E-state index contributed by atoms with van der Waals surface area (Å²) >= 11 is 5.49. The molecule has 0 rings (SSSR count). The van der Waals surface area contributed by atoms with Crippen molar-refractivity contribution in [1.29, 1.82) is 0 Å². The van der Waals surface area contributed by atoms with Gasteiger partial charge < -0.3 is 0 Å². The Labute approximate surface area is 72.7 Å². The highest BCUT2D eigenvalue weighted by Crippen LogP contribution is 1.98. The van der Waals surface area contributed by atoms with Crippen LogP contribution < -0.4 is 0 Å². The van der Waals surface area contributed by atoms with Gasteiger partial charge in [0.05, 0.1) is 0 Å². The van der Waals surface area contributed by atoms with Gasteiger partial charge in [0.2, 0.25) is 0 Å². The van der Waals surface area contributed by atoms with Crippen molar-refractivity contribution in [3.8, 4) is 0 Å². The summed E-state index contributed by atoms with van der Waals surface area (Å²) in [5.41, 5.74) is 1.91. The molecule has 0 aliphatic rings. The molecule has 0 aliphatic carbocycles. The highest BCUT2D eigenvalue weighted by Gasteiger charge is 1.92. The van der Waals surface area contributed by atoms with Crippen LogP contribution in [0.3, 0.4) is 0 Å². The van der Waals surface area contributed by atoms with Crippen LogP contribution in [0, 0.1) is 0 Å². The van der Waals surface area contributed by atoms with Gasteiger partial charge in [0.15, 0.2) is 5.78 Å². The average Bonchev–Trinajstić information content (AvgIpc) is 1.85. The molecule has 0 bridgehead atoms. The lowest BCUT2D eigenvalue weighted by Crippen LogP contribution is -1.90. The van der Waals surface area contributed by atoms with E-state index in [0.717, 1.165) is 11.1 Å². The first-order chi connectivity index (χ1) is 5.06. The number of hydrogen-bond acceptors (Lipinski definition) is 1. The number of allylic oxidation sites excluding steroid dienone is 4. The second-order valence-corrected chi connectivity index (χ2v) is 3.02. The lowest BCUT2D eigenvalue weighted by molar-refractivity contribution is -0.110. The molecule has 0 saturated heterocycles. The summed E-state index contributed by atoms with van der Waals surface area (Å²) in [4.78, 5) is 11.0. The van der Waals surface area contributed by atoms with Gasteiger partial charge in [0, 0.05) is 5.88 Å². The number of ketones is 1. The Hall–Kier alpha value is -0.560. The van der Waals surface area contributed by atoms with Crippen molar-refractivity contribution in [3.63, 3.8) is 0 Å². The molecule has 11 heavy (non-hydrogen) atoms. The minimum absolute atomic E-state index is 0.0168. The predicted octanol–water partition coefficient (Wildman–Crippen LogP) is 2.71. The Bertz CT molecular complexity index is 198. The van der Waals surface area contributed by atoms with E-state index >= 15 is 0 Å². The third-order valence-electron chi connectivity index (χ3n) is 1.03. The second kappa shape index (κ2) is 5.14. The summed E-state index contributed by atoms with van der Waals surface area (Å²) in [5, 5.41) is 0. The summed E-state index contributed by atoms with van der Waals surface area (Å²) in [6, 6.07) is 0. The molecule has 0 fully saturated rings. The molecule has 0 amide bonds. The van der Waals surface area contributed by atoms with Crippen LogP contribution >= 0.6 is 11.6 Å². The molecule has 1 nitrogen and oxygen atoms in total. The molecule has 62 valence electrons. The zero-order valence-corrected chi connectivity index (χ0v) is 7.90. The van der Waals surface area contributed by atoms with Crippen molar-refractivity contribution in [2.45, 2.75) is 20.8 Å². The third-order valence-corrected chi connectivity index (χ3v) is 1.45. The SMILES string of the molecule is CC(C)=CC(=O)C=C(C)CCl.